The van der Waals surface area contributed by atoms with Crippen LogP contribution in [0, 0.1) is 23.7 Å². The molecular weight excluding hydrogens is 1250 g/mol. The van der Waals surface area contributed by atoms with Gasteiger partial charge in [0, 0.05) is 25.7 Å². The molecule has 0 fully saturated rings. The van der Waals surface area contributed by atoms with Crippen LogP contribution in [0.3, 0.4) is 0 Å². The number of unbranched alkanes of at least 4 members (excludes halogenated alkanes) is 37. The van der Waals surface area contributed by atoms with E-state index >= 15 is 0 Å². The number of phosphoric ester groups is 2. The van der Waals surface area contributed by atoms with Crippen LogP contribution in [-0.4, -0.2) is 96.7 Å². The van der Waals surface area contributed by atoms with Crippen LogP contribution >= 0.6 is 15.6 Å². The minimum atomic E-state index is -4.96. The van der Waals surface area contributed by atoms with E-state index in [1.54, 1.807) is 0 Å². The van der Waals surface area contributed by atoms with E-state index in [-0.39, 0.29) is 25.7 Å². The van der Waals surface area contributed by atoms with Crippen LogP contribution in [0.15, 0.2) is 0 Å². The fourth-order valence-corrected chi connectivity index (χ4v) is 13.1. The maximum atomic E-state index is 13.1. The Labute approximate surface area is 581 Å². The first-order valence-electron chi connectivity index (χ1n) is 39.3. The Bertz CT molecular complexity index is 1870. The summed E-state index contributed by atoms with van der Waals surface area (Å²) in [5.41, 5.74) is 0. The molecule has 95 heavy (non-hydrogen) atoms. The molecular formula is C76H148O17P2. The summed E-state index contributed by atoms with van der Waals surface area (Å²) in [6, 6.07) is 0. The van der Waals surface area contributed by atoms with Crippen molar-refractivity contribution < 1.29 is 80.2 Å². The van der Waals surface area contributed by atoms with E-state index in [1.165, 1.54) is 180 Å². The maximum absolute atomic E-state index is 13.1. The standard InChI is InChI=1S/C76H148O17P2/c1-9-68(7)54-46-38-30-24-20-21-27-33-43-51-59-76(81)93-72(63-87-74(79)57-49-41-35-34-39-47-55-69(8)10-2)65-91-95(84,85)89-61-70(77)60-88-94(82,83)90-64-71(92-75(80)58-50-42-32-26-19-15-14-17-23-29-37-45-53-67(5)6)62-86-73(78)56-48-40-31-25-18-13-11-12-16-22-28-36-44-52-66(3)4/h66-72,77H,9-65H2,1-8H3,(H,82,83)(H,84,85)/t68?,69?,70-,71-,72-/m1/s1. The highest BCUT2D eigenvalue weighted by atomic mass is 31.2. The molecule has 0 rings (SSSR count). The number of ether oxygens (including phenoxy) is 4. The van der Waals surface area contributed by atoms with Gasteiger partial charge in [-0.3, -0.25) is 37.3 Å². The summed E-state index contributed by atoms with van der Waals surface area (Å²) in [5, 5.41) is 10.6. The number of hydrogen-bond donors (Lipinski definition) is 3. The minimum Gasteiger partial charge on any atom is -0.462 e. The van der Waals surface area contributed by atoms with Crippen LogP contribution in [0.2, 0.25) is 0 Å². The lowest BCUT2D eigenvalue weighted by Gasteiger charge is -2.21. The zero-order valence-electron chi connectivity index (χ0n) is 62.3. The summed E-state index contributed by atoms with van der Waals surface area (Å²) in [7, 11) is -9.91. The van der Waals surface area contributed by atoms with Crippen LogP contribution < -0.4 is 0 Å². The molecule has 4 unspecified atom stereocenters. The second kappa shape index (κ2) is 65.4. The highest BCUT2D eigenvalue weighted by molar-refractivity contribution is 7.47. The molecule has 0 aliphatic heterocycles. The second-order valence-electron chi connectivity index (χ2n) is 28.8. The lowest BCUT2D eigenvalue weighted by molar-refractivity contribution is -0.161. The van der Waals surface area contributed by atoms with Crippen LogP contribution in [0.4, 0.5) is 0 Å². The summed E-state index contributed by atoms with van der Waals surface area (Å²) in [6.45, 7) is 14.2. The third-order valence-corrected chi connectivity index (χ3v) is 20.2. The zero-order chi connectivity index (χ0) is 70.3. The number of esters is 4. The molecule has 0 aliphatic carbocycles. The molecule has 0 saturated heterocycles. The Morgan fingerprint density at radius 1 is 0.295 bits per heavy atom. The SMILES string of the molecule is CCC(C)CCCCCCCCCCCCC(=O)O[C@H](COC(=O)CCCCCCCCC(C)CC)COP(=O)(O)OC[C@H](O)COP(=O)(O)OC[C@@H](COC(=O)CCCCCCCCCCCCCCCC(C)C)OC(=O)CCCCCCCCCCCCCCC(C)C. The van der Waals surface area contributed by atoms with Gasteiger partial charge in [0.1, 0.15) is 19.3 Å². The van der Waals surface area contributed by atoms with Gasteiger partial charge < -0.3 is 33.8 Å². The molecule has 0 aromatic heterocycles. The fraction of sp³-hybridized carbons (Fsp3) is 0.947. The largest absolute Gasteiger partial charge is 0.472 e. The Balaban J connectivity index is 5.27. The van der Waals surface area contributed by atoms with Gasteiger partial charge in [-0.15, -0.1) is 0 Å². The van der Waals surface area contributed by atoms with E-state index in [2.05, 4.69) is 55.4 Å². The summed E-state index contributed by atoms with van der Waals surface area (Å²) in [5.74, 6) is 0.981. The first-order chi connectivity index (χ1) is 45.7. The molecule has 0 bridgehead atoms. The van der Waals surface area contributed by atoms with E-state index in [1.807, 2.05) is 0 Å². The monoisotopic (exact) mass is 1400 g/mol. The van der Waals surface area contributed by atoms with Gasteiger partial charge in [0.2, 0.25) is 0 Å². The number of rotatable bonds is 73. The van der Waals surface area contributed by atoms with Gasteiger partial charge in [-0.05, 0) is 49.4 Å². The van der Waals surface area contributed by atoms with Crippen LogP contribution in [0.5, 0.6) is 0 Å². The second-order valence-corrected chi connectivity index (χ2v) is 31.7. The molecule has 0 aromatic rings. The van der Waals surface area contributed by atoms with Gasteiger partial charge in [0.05, 0.1) is 26.4 Å². The summed E-state index contributed by atoms with van der Waals surface area (Å²) in [6.07, 6.45) is 49.8. The first kappa shape index (κ1) is 93.1. The zero-order valence-corrected chi connectivity index (χ0v) is 64.1. The normalized spacial score (nSPS) is 14.7. The predicted octanol–water partition coefficient (Wildman–Crippen LogP) is 22.0. The molecule has 564 valence electrons. The molecule has 19 heteroatoms. The van der Waals surface area contributed by atoms with Gasteiger partial charge in [-0.2, -0.15) is 0 Å². The Hall–Kier alpha value is -1.94. The van der Waals surface area contributed by atoms with Crippen LogP contribution in [-0.2, 0) is 65.4 Å². The number of aliphatic hydroxyl groups excluding tert-OH is 1. The van der Waals surface area contributed by atoms with Gasteiger partial charge >= 0.3 is 39.5 Å². The van der Waals surface area contributed by atoms with Crippen LogP contribution in [0.1, 0.15) is 383 Å². The molecule has 17 nitrogen and oxygen atoms in total. The quantitative estimate of drug-likeness (QED) is 0.0222. The molecule has 0 saturated carbocycles. The predicted molar refractivity (Wildman–Crippen MR) is 386 cm³/mol. The minimum absolute atomic E-state index is 0.105. The first-order valence-corrected chi connectivity index (χ1v) is 42.3. The van der Waals surface area contributed by atoms with Crippen molar-refractivity contribution in [1.82, 2.24) is 0 Å². The Kier molecular flexibility index (Phi) is 64.0. The van der Waals surface area contributed by atoms with Crippen molar-refractivity contribution in [3.8, 4) is 0 Å². The average Bonchev–Trinajstić information content (AvgIpc) is 1.73. The van der Waals surface area contributed by atoms with Crippen molar-refractivity contribution in [1.29, 1.82) is 0 Å². The third kappa shape index (κ3) is 67.6. The molecule has 0 heterocycles. The van der Waals surface area contributed by atoms with Gasteiger partial charge in [0.15, 0.2) is 12.2 Å². The number of aliphatic hydroxyl groups is 1. The smallest absolute Gasteiger partial charge is 0.462 e. The Morgan fingerprint density at radius 3 is 0.747 bits per heavy atom. The number of carbonyl (C=O) groups is 4. The highest BCUT2D eigenvalue weighted by Gasteiger charge is 2.30. The van der Waals surface area contributed by atoms with Gasteiger partial charge in [0.25, 0.3) is 0 Å². The molecule has 0 aliphatic rings. The summed E-state index contributed by atoms with van der Waals surface area (Å²) in [4.78, 5) is 72.8. The highest BCUT2D eigenvalue weighted by Crippen LogP contribution is 2.45. The molecule has 0 spiro atoms. The molecule has 0 radical (unpaired) electrons. The molecule has 0 amide bonds. The van der Waals surface area contributed by atoms with E-state index in [4.69, 9.17) is 37.0 Å². The van der Waals surface area contributed by atoms with E-state index < -0.39 is 97.5 Å². The van der Waals surface area contributed by atoms with Crippen molar-refractivity contribution in [2.24, 2.45) is 23.7 Å². The van der Waals surface area contributed by atoms with E-state index in [9.17, 15) is 43.2 Å². The maximum Gasteiger partial charge on any atom is 0.472 e. The number of hydrogen-bond acceptors (Lipinski definition) is 15. The van der Waals surface area contributed by atoms with E-state index in [0.29, 0.717) is 25.7 Å². The van der Waals surface area contributed by atoms with Crippen molar-refractivity contribution >= 4 is 39.5 Å². The molecule has 3 N–H and O–H groups in total. The van der Waals surface area contributed by atoms with Crippen molar-refractivity contribution in [3.05, 3.63) is 0 Å². The fourth-order valence-electron chi connectivity index (χ4n) is 11.5. The lowest BCUT2D eigenvalue weighted by Crippen LogP contribution is -2.30. The average molecular weight is 1400 g/mol. The number of phosphoric acid groups is 2. The summed E-state index contributed by atoms with van der Waals surface area (Å²) >= 11 is 0. The van der Waals surface area contributed by atoms with Crippen molar-refractivity contribution in [2.45, 2.75) is 401 Å². The summed E-state index contributed by atoms with van der Waals surface area (Å²) < 4.78 is 68.5. The third-order valence-electron chi connectivity index (χ3n) is 18.3. The Morgan fingerprint density at radius 2 is 0.505 bits per heavy atom. The van der Waals surface area contributed by atoms with Gasteiger partial charge in [-0.1, -0.05) is 331 Å². The topological polar surface area (TPSA) is 237 Å². The number of carbonyl (C=O) groups excluding carboxylic acids is 4. The molecule has 0 aromatic carbocycles. The van der Waals surface area contributed by atoms with Crippen molar-refractivity contribution in [3.63, 3.8) is 0 Å². The van der Waals surface area contributed by atoms with Crippen molar-refractivity contribution in [2.75, 3.05) is 39.6 Å². The lowest BCUT2D eigenvalue weighted by atomic mass is 9.99. The molecule has 7 atom stereocenters. The van der Waals surface area contributed by atoms with E-state index in [0.717, 1.165) is 120 Å². The van der Waals surface area contributed by atoms with Crippen LogP contribution in [0.25, 0.3) is 0 Å². The van der Waals surface area contributed by atoms with Gasteiger partial charge in [-0.25, -0.2) is 9.13 Å².